The maximum atomic E-state index is 11.6. The van der Waals surface area contributed by atoms with Crippen LogP contribution in [-0.2, 0) is 14.6 Å². The average Bonchev–Trinajstić information content (AvgIpc) is 2.65. The summed E-state index contributed by atoms with van der Waals surface area (Å²) >= 11 is 0. The highest BCUT2D eigenvalue weighted by Gasteiger charge is 2.38. The van der Waals surface area contributed by atoms with E-state index in [1.54, 1.807) is 18.2 Å². The van der Waals surface area contributed by atoms with Crippen LogP contribution in [0.1, 0.15) is 23.7 Å². The van der Waals surface area contributed by atoms with Crippen LogP contribution in [0.4, 0.5) is 11.4 Å². The summed E-state index contributed by atoms with van der Waals surface area (Å²) in [7, 11) is -1.71. The summed E-state index contributed by atoms with van der Waals surface area (Å²) in [6, 6.07) is 4.75. The Morgan fingerprint density at radius 2 is 2.15 bits per heavy atom. The van der Waals surface area contributed by atoms with E-state index in [0.29, 0.717) is 23.4 Å². The Kier molecular flexibility index (Phi) is 3.64. The molecule has 1 fully saturated rings. The Balaban J connectivity index is 2.27. The number of nitrogens with one attached hydrogen (secondary N) is 1. The Bertz CT molecular complexity index is 642. The van der Waals surface area contributed by atoms with Gasteiger partial charge in [0.2, 0.25) is 0 Å². The normalized spacial score (nSPS) is 24.3. The van der Waals surface area contributed by atoms with Crippen LogP contribution in [0.25, 0.3) is 0 Å². The summed E-state index contributed by atoms with van der Waals surface area (Å²) in [5, 5.41) is 3.15. The Labute approximate surface area is 118 Å². The summed E-state index contributed by atoms with van der Waals surface area (Å²) in [5.74, 6) is -0.244. The van der Waals surface area contributed by atoms with E-state index in [-0.39, 0.29) is 11.5 Å². The van der Waals surface area contributed by atoms with Crippen molar-refractivity contribution in [1.29, 1.82) is 0 Å². The number of carbonyl (C=O) groups is 1. The zero-order valence-corrected chi connectivity index (χ0v) is 12.3. The maximum Gasteiger partial charge on any atom is 0.337 e. The molecule has 0 spiro atoms. The number of methoxy groups -OCH3 is 1. The SMILES string of the molecule is COC(=O)c1ccc(N)c(NC2(C)CCS(=O)(=O)C2)c1. The molecule has 2 rings (SSSR count). The van der Waals surface area contributed by atoms with Gasteiger partial charge in [0.25, 0.3) is 0 Å². The van der Waals surface area contributed by atoms with Crippen molar-refractivity contribution >= 4 is 27.2 Å². The number of rotatable bonds is 3. The van der Waals surface area contributed by atoms with Crippen LogP contribution >= 0.6 is 0 Å². The largest absolute Gasteiger partial charge is 0.465 e. The van der Waals surface area contributed by atoms with Crippen molar-refractivity contribution in [3.8, 4) is 0 Å². The third-order valence-corrected chi connectivity index (χ3v) is 5.32. The molecule has 1 aromatic rings. The van der Waals surface area contributed by atoms with Gasteiger partial charge in [-0.25, -0.2) is 13.2 Å². The van der Waals surface area contributed by atoms with Crippen molar-refractivity contribution < 1.29 is 17.9 Å². The number of benzene rings is 1. The minimum Gasteiger partial charge on any atom is -0.465 e. The molecule has 7 heteroatoms. The monoisotopic (exact) mass is 298 g/mol. The molecule has 1 atom stereocenters. The highest BCUT2D eigenvalue weighted by atomic mass is 32.2. The van der Waals surface area contributed by atoms with E-state index >= 15 is 0 Å². The fourth-order valence-electron chi connectivity index (χ4n) is 2.34. The molecule has 20 heavy (non-hydrogen) atoms. The van der Waals surface area contributed by atoms with Gasteiger partial charge < -0.3 is 15.8 Å². The number of esters is 1. The average molecular weight is 298 g/mol. The molecule has 0 aliphatic carbocycles. The molecule has 3 N–H and O–H groups in total. The lowest BCUT2D eigenvalue weighted by atomic mass is 10.0. The third kappa shape index (κ3) is 3.04. The summed E-state index contributed by atoms with van der Waals surface area (Å²) in [6.07, 6.45) is 0.511. The first-order chi connectivity index (χ1) is 9.25. The lowest BCUT2D eigenvalue weighted by Crippen LogP contribution is -2.36. The summed E-state index contributed by atoms with van der Waals surface area (Å²) < 4.78 is 27.9. The van der Waals surface area contributed by atoms with Crippen molar-refractivity contribution in [2.75, 3.05) is 29.7 Å². The van der Waals surface area contributed by atoms with Crippen LogP contribution in [0.3, 0.4) is 0 Å². The van der Waals surface area contributed by atoms with E-state index in [2.05, 4.69) is 10.1 Å². The van der Waals surface area contributed by atoms with Gasteiger partial charge in [0.15, 0.2) is 9.84 Å². The summed E-state index contributed by atoms with van der Waals surface area (Å²) in [6.45, 7) is 1.84. The van der Waals surface area contributed by atoms with E-state index in [1.165, 1.54) is 7.11 Å². The molecule has 0 amide bonds. The Morgan fingerprint density at radius 3 is 2.70 bits per heavy atom. The molecule has 1 aliphatic rings. The standard InChI is InChI=1S/C13H18N2O4S/c1-13(5-6-20(17,18)8-13)15-11-7-9(12(16)19-2)3-4-10(11)14/h3-4,7,15H,5-6,8,14H2,1-2H3. The van der Waals surface area contributed by atoms with Gasteiger partial charge in [-0.3, -0.25) is 0 Å². The van der Waals surface area contributed by atoms with Crippen LogP contribution in [0.2, 0.25) is 0 Å². The molecule has 1 saturated heterocycles. The van der Waals surface area contributed by atoms with E-state index in [0.717, 1.165) is 0 Å². The van der Waals surface area contributed by atoms with Gasteiger partial charge in [-0.1, -0.05) is 0 Å². The smallest absolute Gasteiger partial charge is 0.337 e. The van der Waals surface area contributed by atoms with Gasteiger partial charge in [0.05, 0.1) is 35.6 Å². The fraction of sp³-hybridized carbons (Fsp3) is 0.462. The second-order valence-corrected chi connectivity index (χ2v) is 7.51. The van der Waals surface area contributed by atoms with Gasteiger partial charge in [0.1, 0.15) is 0 Å². The lowest BCUT2D eigenvalue weighted by molar-refractivity contribution is 0.0601. The topological polar surface area (TPSA) is 98.5 Å². The molecule has 0 saturated carbocycles. The summed E-state index contributed by atoms with van der Waals surface area (Å²) in [4.78, 5) is 11.5. The van der Waals surface area contributed by atoms with Crippen molar-refractivity contribution in [3.63, 3.8) is 0 Å². The molecule has 0 radical (unpaired) electrons. The van der Waals surface area contributed by atoms with Gasteiger partial charge in [-0.2, -0.15) is 0 Å². The van der Waals surface area contributed by atoms with E-state index in [9.17, 15) is 13.2 Å². The van der Waals surface area contributed by atoms with Crippen LogP contribution in [0.15, 0.2) is 18.2 Å². The zero-order chi connectivity index (χ0) is 15.0. The van der Waals surface area contributed by atoms with Crippen molar-refractivity contribution in [2.24, 2.45) is 0 Å². The lowest BCUT2D eigenvalue weighted by Gasteiger charge is -2.26. The highest BCUT2D eigenvalue weighted by Crippen LogP contribution is 2.30. The number of hydrogen-bond acceptors (Lipinski definition) is 6. The maximum absolute atomic E-state index is 11.6. The third-order valence-electron chi connectivity index (χ3n) is 3.41. The van der Waals surface area contributed by atoms with Crippen LogP contribution < -0.4 is 11.1 Å². The number of nitrogen functional groups attached to an aromatic ring is 1. The molecular formula is C13H18N2O4S. The predicted octanol–water partition coefficient (Wildman–Crippen LogP) is 1.04. The van der Waals surface area contributed by atoms with Gasteiger partial charge in [0, 0.05) is 5.54 Å². The number of ether oxygens (including phenoxy) is 1. The summed E-state index contributed by atoms with van der Waals surface area (Å²) in [5.41, 5.74) is 6.68. The van der Waals surface area contributed by atoms with Gasteiger partial charge in [-0.05, 0) is 31.5 Å². The number of carbonyl (C=O) groups excluding carboxylic acids is 1. The molecule has 110 valence electrons. The first kappa shape index (κ1) is 14.6. The van der Waals surface area contributed by atoms with Gasteiger partial charge in [-0.15, -0.1) is 0 Å². The predicted molar refractivity (Wildman–Crippen MR) is 77.5 cm³/mol. The minimum atomic E-state index is -3.01. The number of hydrogen-bond donors (Lipinski definition) is 2. The molecule has 1 aromatic carbocycles. The number of nitrogens with two attached hydrogens (primary N) is 1. The van der Waals surface area contributed by atoms with Crippen LogP contribution in [0, 0.1) is 0 Å². The van der Waals surface area contributed by atoms with E-state index in [4.69, 9.17) is 5.73 Å². The van der Waals surface area contributed by atoms with E-state index < -0.39 is 21.3 Å². The quantitative estimate of drug-likeness (QED) is 0.639. The zero-order valence-electron chi connectivity index (χ0n) is 11.5. The fourth-order valence-corrected chi connectivity index (χ4v) is 4.44. The second kappa shape index (κ2) is 4.97. The Hall–Kier alpha value is -1.76. The molecule has 0 aromatic heterocycles. The van der Waals surface area contributed by atoms with Crippen molar-refractivity contribution in [1.82, 2.24) is 0 Å². The van der Waals surface area contributed by atoms with Crippen molar-refractivity contribution in [2.45, 2.75) is 18.9 Å². The molecule has 6 nitrogen and oxygen atoms in total. The molecule has 0 bridgehead atoms. The second-order valence-electron chi connectivity index (χ2n) is 5.32. The molecular weight excluding hydrogens is 280 g/mol. The minimum absolute atomic E-state index is 0.0574. The van der Waals surface area contributed by atoms with E-state index in [1.807, 2.05) is 6.92 Å². The molecule has 1 unspecified atom stereocenters. The molecule has 1 heterocycles. The van der Waals surface area contributed by atoms with Crippen molar-refractivity contribution in [3.05, 3.63) is 23.8 Å². The van der Waals surface area contributed by atoms with Gasteiger partial charge >= 0.3 is 5.97 Å². The first-order valence-electron chi connectivity index (χ1n) is 6.21. The first-order valence-corrected chi connectivity index (χ1v) is 8.03. The highest BCUT2D eigenvalue weighted by molar-refractivity contribution is 7.91. The molecule has 1 aliphatic heterocycles. The number of anilines is 2. The van der Waals surface area contributed by atoms with Crippen LogP contribution in [0.5, 0.6) is 0 Å². The number of sulfone groups is 1. The van der Waals surface area contributed by atoms with Crippen LogP contribution in [-0.4, -0.2) is 38.5 Å². The Morgan fingerprint density at radius 1 is 1.45 bits per heavy atom.